The molecule has 17 N–H and O–H groups in total. The van der Waals surface area contributed by atoms with Gasteiger partial charge in [0.15, 0.2) is 24.5 Å². The lowest BCUT2D eigenvalue weighted by atomic mass is 9.81. The predicted octanol–water partition coefficient (Wildman–Crippen LogP) is -8.37. The standard InChI is InChI=1S/C21H41N7O12/c1-5-21(36,4-30)16(40-17-9(26-2)13(34)10(31)6(3-29)38-17)18(37-5)39-15-8(28-20(24)25)11(32)7(27-19(22)23)12(33)14(15)35/h5-18,26,29-36H,3-4H2,1-2H3,(H4,22,23,27)(H4,24,25,28)/t5-,6-,7+,8-,9-,10-,11+,12-,13-,14+,15+,16?,17-,18-,21+/m0/s1. The van der Waals surface area contributed by atoms with Crippen molar-refractivity contribution in [1.29, 1.82) is 0 Å². The van der Waals surface area contributed by atoms with Gasteiger partial charge in [-0.1, -0.05) is 0 Å². The average Bonchev–Trinajstić information content (AvgIpc) is 3.13. The van der Waals surface area contributed by atoms with Gasteiger partial charge in [0, 0.05) is 0 Å². The van der Waals surface area contributed by atoms with Crippen molar-refractivity contribution in [1.82, 2.24) is 5.32 Å². The minimum atomic E-state index is -2.15. The van der Waals surface area contributed by atoms with Gasteiger partial charge in [-0.3, -0.25) is 0 Å². The minimum absolute atomic E-state index is 0.493. The fourth-order valence-corrected chi connectivity index (χ4v) is 5.17. The van der Waals surface area contributed by atoms with Gasteiger partial charge in [0.05, 0.1) is 25.4 Å². The highest BCUT2D eigenvalue weighted by atomic mass is 16.8. The lowest BCUT2D eigenvalue weighted by Gasteiger charge is -2.45. The molecule has 2 heterocycles. The van der Waals surface area contributed by atoms with Crippen LogP contribution in [0.3, 0.4) is 0 Å². The number of ether oxygens (including phenoxy) is 4. The number of hydrogen-bond donors (Lipinski definition) is 13. The number of nitrogens with one attached hydrogen (secondary N) is 1. The maximum Gasteiger partial charge on any atom is 0.187 e. The summed E-state index contributed by atoms with van der Waals surface area (Å²) in [7, 11) is 1.44. The van der Waals surface area contributed by atoms with Gasteiger partial charge in [-0.25, -0.2) is 9.98 Å². The fourth-order valence-electron chi connectivity index (χ4n) is 5.17. The summed E-state index contributed by atoms with van der Waals surface area (Å²) in [6.07, 6.45) is -16.9. The van der Waals surface area contributed by atoms with E-state index in [2.05, 4.69) is 15.3 Å². The second kappa shape index (κ2) is 12.9. The van der Waals surface area contributed by atoms with Gasteiger partial charge in [-0.2, -0.15) is 0 Å². The van der Waals surface area contributed by atoms with E-state index >= 15 is 0 Å². The maximum absolute atomic E-state index is 11.3. The Morgan fingerprint density at radius 2 is 1.43 bits per heavy atom. The molecule has 232 valence electrons. The van der Waals surface area contributed by atoms with Gasteiger partial charge in [0.1, 0.15) is 66.5 Å². The molecule has 1 unspecified atom stereocenters. The Kier molecular flexibility index (Phi) is 10.5. The van der Waals surface area contributed by atoms with E-state index < -0.39 is 116 Å². The Balaban J connectivity index is 1.96. The van der Waals surface area contributed by atoms with Crippen LogP contribution in [0.1, 0.15) is 6.92 Å². The number of rotatable bonds is 9. The summed E-state index contributed by atoms with van der Waals surface area (Å²) >= 11 is 0. The van der Waals surface area contributed by atoms with Crippen molar-refractivity contribution in [2.75, 3.05) is 20.3 Å². The first-order valence-corrected chi connectivity index (χ1v) is 12.5. The summed E-state index contributed by atoms with van der Waals surface area (Å²) in [5.41, 5.74) is 19.7. The molecule has 19 heteroatoms. The fraction of sp³-hybridized carbons (Fsp3) is 0.905. The molecule has 0 aromatic rings. The van der Waals surface area contributed by atoms with Crippen molar-refractivity contribution in [3.63, 3.8) is 0 Å². The highest BCUT2D eigenvalue weighted by Crippen LogP contribution is 2.39. The van der Waals surface area contributed by atoms with Crippen molar-refractivity contribution >= 4 is 11.9 Å². The predicted molar refractivity (Wildman–Crippen MR) is 134 cm³/mol. The monoisotopic (exact) mass is 583 g/mol. The van der Waals surface area contributed by atoms with Gasteiger partial charge in [-0.05, 0) is 14.0 Å². The Bertz CT molecular complexity index is 911. The second-order valence-corrected chi connectivity index (χ2v) is 10.0. The lowest BCUT2D eigenvalue weighted by molar-refractivity contribution is -0.317. The number of hydrogen-bond acceptors (Lipinski definition) is 15. The first kappa shape index (κ1) is 32.5. The van der Waals surface area contributed by atoms with Gasteiger partial charge < -0.3 is 88.1 Å². The zero-order valence-electron chi connectivity index (χ0n) is 21.9. The highest BCUT2D eigenvalue weighted by Gasteiger charge is 2.60. The first-order valence-electron chi connectivity index (χ1n) is 12.5. The first-order chi connectivity index (χ1) is 18.7. The minimum Gasteiger partial charge on any atom is -0.394 e. The smallest absolute Gasteiger partial charge is 0.187 e. The van der Waals surface area contributed by atoms with Crippen LogP contribution in [0.25, 0.3) is 0 Å². The molecule has 0 aromatic heterocycles. The Labute approximate surface area is 229 Å². The molecule has 15 atom stereocenters. The van der Waals surface area contributed by atoms with Crippen LogP contribution in [-0.2, 0) is 18.9 Å². The van der Waals surface area contributed by atoms with E-state index in [4.69, 9.17) is 41.9 Å². The number of aliphatic hydroxyl groups excluding tert-OH is 7. The third-order valence-corrected chi connectivity index (χ3v) is 7.49. The number of nitrogens with zero attached hydrogens (tertiary/aromatic N) is 2. The third-order valence-electron chi connectivity index (χ3n) is 7.49. The molecule has 2 aliphatic heterocycles. The lowest BCUT2D eigenvalue weighted by Crippen LogP contribution is -2.66. The number of guanidine groups is 2. The zero-order valence-corrected chi connectivity index (χ0v) is 21.9. The van der Waals surface area contributed by atoms with Crippen molar-refractivity contribution in [2.45, 2.75) is 98.2 Å². The van der Waals surface area contributed by atoms with Gasteiger partial charge in [0.25, 0.3) is 0 Å². The van der Waals surface area contributed by atoms with Crippen LogP contribution < -0.4 is 28.3 Å². The van der Waals surface area contributed by atoms with Crippen LogP contribution >= 0.6 is 0 Å². The summed E-state index contributed by atoms with van der Waals surface area (Å²) in [5, 5.41) is 87.0. The average molecular weight is 584 g/mol. The molecule has 40 heavy (non-hydrogen) atoms. The van der Waals surface area contributed by atoms with Crippen molar-refractivity contribution in [3.8, 4) is 0 Å². The zero-order chi connectivity index (χ0) is 30.1. The van der Waals surface area contributed by atoms with Crippen LogP contribution in [0.15, 0.2) is 9.98 Å². The summed E-state index contributed by atoms with van der Waals surface area (Å²) in [6, 6.07) is -4.00. The van der Waals surface area contributed by atoms with Crippen LogP contribution in [0.2, 0.25) is 0 Å². The molecule has 3 fully saturated rings. The van der Waals surface area contributed by atoms with E-state index in [9.17, 15) is 40.9 Å². The van der Waals surface area contributed by atoms with Crippen LogP contribution in [-0.4, -0.2) is 164 Å². The molecule has 3 aliphatic rings. The Morgan fingerprint density at radius 1 is 0.825 bits per heavy atom. The van der Waals surface area contributed by atoms with E-state index in [1.807, 2.05) is 0 Å². The van der Waals surface area contributed by atoms with E-state index in [1.54, 1.807) is 0 Å². The summed E-state index contributed by atoms with van der Waals surface area (Å²) in [4.78, 5) is 7.66. The Morgan fingerprint density at radius 3 is 1.95 bits per heavy atom. The van der Waals surface area contributed by atoms with Crippen molar-refractivity contribution in [3.05, 3.63) is 0 Å². The SMILES string of the molecule is CN[C@@H]1[C@H](OC2[C@H](O[C@H]3[C@H](O)[C@@H](O)[C@H](N=C(N)N)[C@@H](O)[C@@H]3N=C(N)N)O[C@@H](C)[C@]2(O)CO)O[C@@H](CO)[C@H](O)[C@H]1O. The van der Waals surface area contributed by atoms with Crippen LogP contribution in [0.4, 0.5) is 0 Å². The molecule has 0 spiro atoms. The maximum atomic E-state index is 11.3. The van der Waals surface area contributed by atoms with Crippen LogP contribution in [0, 0.1) is 0 Å². The van der Waals surface area contributed by atoms with E-state index in [-0.39, 0.29) is 0 Å². The number of likely N-dealkylation sites (N-methyl/N-ethyl adjacent to an activating group) is 1. The highest BCUT2D eigenvalue weighted by molar-refractivity contribution is 5.76. The molecule has 0 amide bonds. The summed E-state index contributed by atoms with van der Waals surface area (Å²) in [6.45, 7) is -0.199. The number of nitrogens with two attached hydrogens (primary N) is 4. The normalized spacial score (nSPS) is 47.5. The van der Waals surface area contributed by atoms with Gasteiger partial charge in [-0.15, -0.1) is 0 Å². The molecule has 1 saturated carbocycles. The molecular weight excluding hydrogens is 542 g/mol. The quantitative estimate of drug-likeness (QED) is 0.0884. The molecule has 0 radical (unpaired) electrons. The summed E-state index contributed by atoms with van der Waals surface area (Å²) in [5.74, 6) is -1.01. The molecule has 3 rings (SSSR count). The largest absolute Gasteiger partial charge is 0.394 e. The van der Waals surface area contributed by atoms with Gasteiger partial charge >= 0.3 is 0 Å². The Hall–Kier alpha value is -1.98. The third kappa shape index (κ3) is 6.11. The molecule has 0 bridgehead atoms. The van der Waals surface area contributed by atoms with Crippen molar-refractivity contribution < 1.29 is 59.8 Å². The summed E-state index contributed by atoms with van der Waals surface area (Å²) < 4.78 is 23.2. The van der Waals surface area contributed by atoms with Crippen molar-refractivity contribution in [2.24, 2.45) is 32.9 Å². The topological polar surface area (TPSA) is 340 Å². The van der Waals surface area contributed by atoms with Gasteiger partial charge in [0.2, 0.25) is 0 Å². The van der Waals surface area contributed by atoms with E-state index in [0.717, 1.165) is 0 Å². The van der Waals surface area contributed by atoms with E-state index in [1.165, 1.54) is 14.0 Å². The second-order valence-electron chi connectivity index (χ2n) is 10.0. The molecule has 1 aliphatic carbocycles. The van der Waals surface area contributed by atoms with E-state index in [0.29, 0.717) is 0 Å². The van der Waals surface area contributed by atoms with Crippen LogP contribution in [0.5, 0.6) is 0 Å². The molecule has 0 aromatic carbocycles. The number of aliphatic imine (C=N–C) groups is 2. The number of aliphatic hydroxyl groups is 8. The molecule has 2 saturated heterocycles. The molecular formula is C21H41N7O12. The molecule has 19 nitrogen and oxygen atoms in total.